The zero-order valence-corrected chi connectivity index (χ0v) is 27.7. The summed E-state index contributed by atoms with van der Waals surface area (Å²) in [6, 6.07) is 12.4. The first-order valence-corrected chi connectivity index (χ1v) is 18.3. The molecule has 4 amide bonds. The molecule has 4 fully saturated rings. The highest BCUT2D eigenvalue weighted by molar-refractivity contribution is 7.84. The van der Waals surface area contributed by atoms with Crippen LogP contribution < -0.4 is 27.0 Å². The summed E-state index contributed by atoms with van der Waals surface area (Å²) in [5.74, 6) is 0.298. The number of nitrogens with two attached hydrogens (primary N) is 1. The minimum atomic E-state index is -1.24. The lowest BCUT2D eigenvalue weighted by molar-refractivity contribution is -0.133. The summed E-state index contributed by atoms with van der Waals surface area (Å²) >= 11 is 0. The van der Waals surface area contributed by atoms with E-state index in [2.05, 4.69) is 21.3 Å². The molecule has 4 bridgehead atoms. The van der Waals surface area contributed by atoms with Crippen LogP contribution in [0.4, 0.5) is 0 Å². The van der Waals surface area contributed by atoms with E-state index in [4.69, 9.17) is 5.73 Å². The molecule has 11 nitrogen and oxygen atoms in total. The van der Waals surface area contributed by atoms with Gasteiger partial charge in [-0.1, -0.05) is 42.5 Å². The van der Waals surface area contributed by atoms with Crippen molar-refractivity contribution in [1.29, 1.82) is 0 Å². The summed E-state index contributed by atoms with van der Waals surface area (Å²) in [4.78, 5) is 53.3. The third kappa shape index (κ3) is 9.63. The number of benzene rings is 2. The van der Waals surface area contributed by atoms with E-state index in [0.29, 0.717) is 17.8 Å². The van der Waals surface area contributed by atoms with E-state index in [0.717, 1.165) is 30.4 Å². The highest BCUT2D eigenvalue weighted by Gasteiger charge is 2.51. The first-order valence-electron chi connectivity index (χ1n) is 16.5. The summed E-state index contributed by atoms with van der Waals surface area (Å²) in [7, 11) is -1.24. The second-order valence-corrected chi connectivity index (χ2v) is 15.4. The minimum absolute atomic E-state index is 0.0692. The number of amides is 4. The Balaban J connectivity index is 1.22. The Morgan fingerprint density at radius 3 is 2.00 bits per heavy atom. The number of phenols is 1. The molecule has 47 heavy (non-hydrogen) atoms. The van der Waals surface area contributed by atoms with Crippen LogP contribution in [0.15, 0.2) is 54.6 Å². The molecule has 1 unspecified atom stereocenters. The molecule has 0 radical (unpaired) electrons. The summed E-state index contributed by atoms with van der Waals surface area (Å²) < 4.78 is 11.9. The summed E-state index contributed by atoms with van der Waals surface area (Å²) in [5.41, 5.74) is 7.50. The van der Waals surface area contributed by atoms with Gasteiger partial charge in [0.1, 0.15) is 17.8 Å². The van der Waals surface area contributed by atoms with Crippen molar-refractivity contribution in [3.63, 3.8) is 0 Å². The van der Waals surface area contributed by atoms with Crippen LogP contribution in [0.2, 0.25) is 0 Å². The van der Waals surface area contributed by atoms with Gasteiger partial charge >= 0.3 is 0 Å². The first kappa shape index (κ1) is 34.6. The normalized spacial score (nSPS) is 25.2. The van der Waals surface area contributed by atoms with Crippen LogP contribution >= 0.6 is 0 Å². The summed E-state index contributed by atoms with van der Waals surface area (Å²) in [5, 5.41) is 21.0. The maximum Gasteiger partial charge on any atom is 0.243 e. The third-order valence-corrected chi connectivity index (χ3v) is 10.6. The second-order valence-electron chi connectivity index (χ2n) is 13.8. The van der Waals surface area contributed by atoms with E-state index in [9.17, 15) is 28.5 Å². The molecule has 0 spiro atoms. The zero-order chi connectivity index (χ0) is 33.6. The molecule has 4 aliphatic rings. The fraction of sp³-hybridized carbons (Fsp3) is 0.543. The molecule has 4 aliphatic carbocycles. The summed E-state index contributed by atoms with van der Waals surface area (Å²) in [6.07, 6.45) is 8.68. The third-order valence-electron chi connectivity index (χ3n) is 9.84. The van der Waals surface area contributed by atoms with Crippen molar-refractivity contribution < 1.29 is 28.5 Å². The highest BCUT2D eigenvalue weighted by atomic mass is 32.2. The molecule has 6 rings (SSSR count). The first-order chi connectivity index (χ1) is 22.5. The molecule has 7 N–H and O–H groups in total. The molecule has 0 aromatic heterocycles. The van der Waals surface area contributed by atoms with E-state index in [1.165, 1.54) is 37.7 Å². The number of carbonyl (C=O) groups excluding carboxylic acids is 4. The average Bonchev–Trinajstić information content (AvgIpc) is 3.02. The molecule has 12 heteroatoms. The number of phenolic OH excluding ortho intramolecular Hbond substituents is 1. The Bertz CT molecular complexity index is 1420. The van der Waals surface area contributed by atoms with Crippen molar-refractivity contribution >= 4 is 34.4 Å². The standard InChI is InChI=1S/C35H47N5O6S/c1-47(46)12-11-29(38-32(43)28(36)16-23-7-9-27(41)10-8-23)34(45)39-30(17-22-5-3-2-4-6-22)33(44)37-21-31(42)40-35-18-24-13-25(19-35)15-26(14-24)20-35/h2-10,24-26,28-30,41H,11-21,36H2,1H3,(H,37,44)(H,38,43)(H,39,45)(H,40,42)/t24?,25?,26?,28-,29+,30-,35?,47?/m0/s1. The molecule has 0 saturated heterocycles. The number of carbonyl (C=O) groups is 4. The minimum Gasteiger partial charge on any atom is -0.508 e. The monoisotopic (exact) mass is 665 g/mol. The van der Waals surface area contributed by atoms with Gasteiger partial charge in [0.15, 0.2) is 0 Å². The van der Waals surface area contributed by atoms with Crippen molar-refractivity contribution in [3.05, 3.63) is 65.7 Å². The number of rotatable bonds is 15. The molecule has 4 saturated carbocycles. The summed E-state index contributed by atoms with van der Waals surface area (Å²) in [6.45, 7) is -0.206. The number of hydrogen-bond acceptors (Lipinski definition) is 7. The largest absolute Gasteiger partial charge is 0.508 e. The Labute approximate surface area is 278 Å². The van der Waals surface area contributed by atoms with E-state index < -0.39 is 46.6 Å². The topological polar surface area (TPSA) is 180 Å². The predicted molar refractivity (Wildman–Crippen MR) is 179 cm³/mol. The maximum atomic E-state index is 13.6. The van der Waals surface area contributed by atoms with Crippen LogP contribution in [0.5, 0.6) is 5.75 Å². The van der Waals surface area contributed by atoms with E-state index >= 15 is 0 Å². The lowest BCUT2D eigenvalue weighted by atomic mass is 9.53. The van der Waals surface area contributed by atoms with Gasteiger partial charge in [-0.05, 0) is 92.4 Å². The molecule has 254 valence electrons. The molecule has 2 aromatic carbocycles. The van der Waals surface area contributed by atoms with Crippen LogP contribution in [-0.2, 0) is 42.8 Å². The van der Waals surface area contributed by atoms with E-state index in [-0.39, 0.29) is 48.8 Å². The van der Waals surface area contributed by atoms with Gasteiger partial charge in [0.2, 0.25) is 23.6 Å². The van der Waals surface area contributed by atoms with Crippen molar-refractivity contribution in [1.82, 2.24) is 21.3 Å². The Kier molecular flexibility index (Phi) is 11.3. The zero-order valence-electron chi connectivity index (χ0n) is 26.9. The Morgan fingerprint density at radius 1 is 0.830 bits per heavy atom. The van der Waals surface area contributed by atoms with E-state index in [1.54, 1.807) is 12.1 Å². The number of aromatic hydroxyl groups is 1. The van der Waals surface area contributed by atoms with Gasteiger partial charge in [0.25, 0.3) is 0 Å². The van der Waals surface area contributed by atoms with Gasteiger partial charge < -0.3 is 32.1 Å². The Morgan fingerprint density at radius 2 is 1.40 bits per heavy atom. The van der Waals surface area contributed by atoms with Crippen LogP contribution in [0.1, 0.15) is 56.1 Å². The van der Waals surface area contributed by atoms with Crippen molar-refractivity contribution in [3.8, 4) is 5.75 Å². The van der Waals surface area contributed by atoms with Gasteiger partial charge in [-0.3, -0.25) is 23.4 Å². The molecule has 0 aliphatic heterocycles. The van der Waals surface area contributed by atoms with Crippen LogP contribution in [-0.4, -0.2) is 75.2 Å². The van der Waals surface area contributed by atoms with E-state index in [1.807, 2.05) is 30.3 Å². The smallest absolute Gasteiger partial charge is 0.243 e. The second kappa shape index (κ2) is 15.4. The molecule has 0 heterocycles. The lowest BCUT2D eigenvalue weighted by Crippen LogP contribution is -2.61. The van der Waals surface area contributed by atoms with Crippen molar-refractivity contribution in [2.45, 2.75) is 81.5 Å². The quantitative estimate of drug-likeness (QED) is 0.167. The maximum absolute atomic E-state index is 13.6. The van der Waals surface area contributed by atoms with Gasteiger partial charge in [0.05, 0.1) is 12.6 Å². The van der Waals surface area contributed by atoms with Crippen LogP contribution in [0, 0.1) is 17.8 Å². The molecule has 2 aromatic rings. The number of hydrogen-bond donors (Lipinski definition) is 6. The highest BCUT2D eigenvalue weighted by Crippen LogP contribution is 2.55. The Hall–Kier alpha value is -3.77. The molecular weight excluding hydrogens is 618 g/mol. The van der Waals surface area contributed by atoms with Gasteiger partial charge in [-0.15, -0.1) is 0 Å². The van der Waals surface area contributed by atoms with Crippen LogP contribution in [0.3, 0.4) is 0 Å². The lowest BCUT2D eigenvalue weighted by Gasteiger charge is -2.56. The predicted octanol–water partition coefficient (Wildman–Crippen LogP) is 1.44. The molecule has 4 atom stereocenters. The SMILES string of the molecule is CS(=O)CC[C@@H](NC(=O)[C@@H](N)Cc1ccc(O)cc1)C(=O)N[C@@H](Cc1ccccc1)C(=O)NCC(=O)NC12CC3CC(CC(C3)C1)C2. The van der Waals surface area contributed by atoms with Gasteiger partial charge in [0, 0.05) is 34.8 Å². The number of nitrogens with one attached hydrogen (secondary N) is 4. The van der Waals surface area contributed by atoms with Crippen molar-refractivity contribution in [2.75, 3.05) is 18.6 Å². The average molecular weight is 666 g/mol. The van der Waals surface area contributed by atoms with Crippen molar-refractivity contribution in [2.24, 2.45) is 23.5 Å². The molecular formula is C35H47N5O6S. The van der Waals surface area contributed by atoms with Crippen LogP contribution in [0.25, 0.3) is 0 Å². The van der Waals surface area contributed by atoms with Gasteiger partial charge in [-0.25, -0.2) is 0 Å². The fourth-order valence-electron chi connectivity index (χ4n) is 8.04. The van der Waals surface area contributed by atoms with Gasteiger partial charge in [-0.2, -0.15) is 0 Å². The fourth-order valence-corrected chi connectivity index (χ4v) is 8.60.